The van der Waals surface area contributed by atoms with Gasteiger partial charge in [-0.1, -0.05) is 0 Å². The van der Waals surface area contributed by atoms with Crippen molar-refractivity contribution in [2.45, 2.75) is 0 Å². The highest BCUT2D eigenvalue weighted by atomic mass is 16.5. The van der Waals surface area contributed by atoms with E-state index in [-0.39, 0.29) is 5.78 Å². The van der Waals surface area contributed by atoms with Crippen LogP contribution in [-0.4, -0.2) is 48.4 Å². The van der Waals surface area contributed by atoms with Gasteiger partial charge >= 0.3 is 0 Å². The normalized spacial score (nSPS) is 10.1. The average molecular weight is 362 g/mol. The van der Waals surface area contributed by atoms with Crippen LogP contribution in [0.25, 0.3) is 0 Å². The first-order valence-corrected chi connectivity index (χ1v) is 7.69. The van der Waals surface area contributed by atoms with Crippen LogP contribution >= 0.6 is 0 Å². The zero-order chi connectivity index (χ0) is 19.3. The van der Waals surface area contributed by atoms with Gasteiger partial charge in [0, 0.05) is 12.1 Å². The van der Waals surface area contributed by atoms with Crippen molar-refractivity contribution in [1.82, 2.24) is 0 Å². The first kappa shape index (κ1) is 19.2. The predicted octanol–water partition coefficient (Wildman–Crippen LogP) is 2.97. The average Bonchev–Trinajstić information content (AvgIpc) is 2.70. The van der Waals surface area contributed by atoms with E-state index in [1.54, 1.807) is 24.3 Å². The summed E-state index contributed by atoms with van der Waals surface area (Å²) in [6, 6.07) is 6.32. The summed E-state index contributed by atoms with van der Waals surface area (Å²) < 4.78 is 31.8. The van der Waals surface area contributed by atoms with Crippen molar-refractivity contribution >= 4 is 5.78 Å². The second kappa shape index (κ2) is 8.33. The lowest BCUT2D eigenvalue weighted by atomic mass is 10.00. The van der Waals surface area contributed by atoms with Crippen molar-refractivity contribution < 1.29 is 33.2 Å². The Morgan fingerprint density at radius 2 is 0.769 bits per heavy atom. The van der Waals surface area contributed by atoms with E-state index in [4.69, 9.17) is 28.4 Å². The van der Waals surface area contributed by atoms with E-state index in [0.29, 0.717) is 45.6 Å². The van der Waals surface area contributed by atoms with Gasteiger partial charge < -0.3 is 28.4 Å². The SMILES string of the molecule is COc1cc(OC)c(C(=O)c2cc(OC)c(OC)cc2OC)cc1OC. The van der Waals surface area contributed by atoms with Crippen LogP contribution in [0.3, 0.4) is 0 Å². The summed E-state index contributed by atoms with van der Waals surface area (Å²) in [7, 11) is 8.96. The predicted molar refractivity (Wildman–Crippen MR) is 95.6 cm³/mol. The van der Waals surface area contributed by atoms with Gasteiger partial charge in [0.2, 0.25) is 5.78 Å². The number of carbonyl (C=O) groups excluding carboxylic acids is 1. The van der Waals surface area contributed by atoms with E-state index in [1.807, 2.05) is 0 Å². The lowest BCUT2D eigenvalue weighted by molar-refractivity contribution is 0.103. The van der Waals surface area contributed by atoms with Crippen LogP contribution in [0, 0.1) is 0 Å². The summed E-state index contributed by atoms with van der Waals surface area (Å²) in [5.74, 6) is 2.13. The number of benzene rings is 2. The molecule has 0 aliphatic carbocycles. The minimum atomic E-state index is -0.319. The van der Waals surface area contributed by atoms with E-state index in [9.17, 15) is 4.79 Å². The largest absolute Gasteiger partial charge is 0.496 e. The van der Waals surface area contributed by atoms with E-state index < -0.39 is 0 Å². The fraction of sp³-hybridized carbons (Fsp3) is 0.316. The molecule has 26 heavy (non-hydrogen) atoms. The molecule has 0 atom stereocenters. The third kappa shape index (κ3) is 3.46. The second-order valence-electron chi connectivity index (χ2n) is 5.14. The zero-order valence-corrected chi connectivity index (χ0v) is 15.7. The first-order valence-electron chi connectivity index (χ1n) is 7.69. The summed E-state index contributed by atoms with van der Waals surface area (Å²) >= 11 is 0. The maximum absolute atomic E-state index is 13.2. The Bertz CT molecular complexity index is 733. The van der Waals surface area contributed by atoms with Gasteiger partial charge in [-0.15, -0.1) is 0 Å². The molecule has 0 N–H and O–H groups in total. The van der Waals surface area contributed by atoms with E-state index >= 15 is 0 Å². The molecule has 0 aliphatic rings. The molecule has 0 spiro atoms. The lowest BCUT2D eigenvalue weighted by Crippen LogP contribution is -2.08. The van der Waals surface area contributed by atoms with Crippen molar-refractivity contribution in [1.29, 1.82) is 0 Å². The van der Waals surface area contributed by atoms with Crippen LogP contribution in [0.5, 0.6) is 34.5 Å². The molecular weight excluding hydrogens is 340 g/mol. The summed E-state index contributed by atoms with van der Waals surface area (Å²) in [4.78, 5) is 13.2. The van der Waals surface area contributed by atoms with Crippen LogP contribution in [0.15, 0.2) is 24.3 Å². The molecule has 0 fully saturated rings. The highest BCUT2D eigenvalue weighted by Gasteiger charge is 2.24. The molecule has 0 bridgehead atoms. The Morgan fingerprint density at radius 3 is 1.04 bits per heavy atom. The van der Waals surface area contributed by atoms with Crippen LogP contribution in [0.2, 0.25) is 0 Å². The van der Waals surface area contributed by atoms with Crippen molar-refractivity contribution in [3.05, 3.63) is 35.4 Å². The number of rotatable bonds is 8. The van der Waals surface area contributed by atoms with Gasteiger partial charge in [0.1, 0.15) is 11.5 Å². The van der Waals surface area contributed by atoms with Crippen molar-refractivity contribution in [3.63, 3.8) is 0 Å². The maximum atomic E-state index is 13.2. The lowest BCUT2D eigenvalue weighted by Gasteiger charge is -2.16. The quantitative estimate of drug-likeness (QED) is 0.669. The van der Waals surface area contributed by atoms with Gasteiger partial charge in [0.15, 0.2) is 23.0 Å². The molecule has 7 heteroatoms. The third-order valence-corrected chi connectivity index (χ3v) is 3.90. The molecule has 0 aromatic heterocycles. The van der Waals surface area contributed by atoms with E-state index in [1.165, 1.54) is 42.7 Å². The molecule has 7 nitrogen and oxygen atoms in total. The topological polar surface area (TPSA) is 72.5 Å². The Morgan fingerprint density at radius 1 is 0.500 bits per heavy atom. The van der Waals surface area contributed by atoms with Gasteiger partial charge in [-0.25, -0.2) is 0 Å². The van der Waals surface area contributed by atoms with Crippen LogP contribution in [-0.2, 0) is 0 Å². The monoisotopic (exact) mass is 362 g/mol. The third-order valence-electron chi connectivity index (χ3n) is 3.90. The number of ether oxygens (including phenoxy) is 6. The highest BCUT2D eigenvalue weighted by molar-refractivity contribution is 6.13. The number of hydrogen-bond acceptors (Lipinski definition) is 7. The van der Waals surface area contributed by atoms with Crippen molar-refractivity contribution in [3.8, 4) is 34.5 Å². The maximum Gasteiger partial charge on any atom is 0.200 e. The molecule has 0 radical (unpaired) electrons. The Kier molecular flexibility index (Phi) is 6.16. The second-order valence-corrected chi connectivity index (χ2v) is 5.14. The molecule has 0 saturated carbocycles. The van der Waals surface area contributed by atoms with Crippen LogP contribution in [0.4, 0.5) is 0 Å². The number of hydrogen-bond donors (Lipinski definition) is 0. The van der Waals surface area contributed by atoms with Crippen LogP contribution in [0.1, 0.15) is 15.9 Å². The summed E-state index contributed by atoms with van der Waals surface area (Å²) in [6.45, 7) is 0. The number of methoxy groups -OCH3 is 6. The molecule has 0 unspecified atom stereocenters. The Hall–Kier alpha value is -3.09. The first-order chi connectivity index (χ1) is 12.5. The van der Waals surface area contributed by atoms with Crippen molar-refractivity contribution in [2.24, 2.45) is 0 Å². The molecule has 0 amide bonds. The minimum absolute atomic E-state index is 0.302. The molecular formula is C19H22O7. The fourth-order valence-electron chi connectivity index (χ4n) is 2.56. The molecule has 140 valence electrons. The van der Waals surface area contributed by atoms with Crippen molar-refractivity contribution in [2.75, 3.05) is 42.7 Å². The van der Waals surface area contributed by atoms with Crippen LogP contribution < -0.4 is 28.4 Å². The molecule has 2 aromatic rings. The number of ketones is 1. The molecule has 0 aliphatic heterocycles. The van der Waals surface area contributed by atoms with Gasteiger partial charge in [-0.2, -0.15) is 0 Å². The smallest absolute Gasteiger partial charge is 0.200 e. The standard InChI is InChI=1S/C19H22O7/c1-21-13-9-17(25-5)15(23-3)7-11(13)19(20)12-8-16(24-4)18(26-6)10-14(12)22-2/h7-10H,1-6H3. The highest BCUT2D eigenvalue weighted by Crippen LogP contribution is 2.39. The molecule has 0 heterocycles. The summed E-state index contributed by atoms with van der Waals surface area (Å²) in [6.07, 6.45) is 0. The molecule has 2 rings (SSSR count). The minimum Gasteiger partial charge on any atom is -0.496 e. The van der Waals surface area contributed by atoms with Gasteiger partial charge in [-0.3, -0.25) is 4.79 Å². The van der Waals surface area contributed by atoms with E-state index in [2.05, 4.69) is 0 Å². The van der Waals surface area contributed by atoms with Gasteiger partial charge in [0.25, 0.3) is 0 Å². The molecule has 2 aromatic carbocycles. The van der Waals surface area contributed by atoms with Gasteiger partial charge in [0.05, 0.1) is 53.8 Å². The summed E-state index contributed by atoms with van der Waals surface area (Å²) in [5, 5.41) is 0. The van der Waals surface area contributed by atoms with E-state index in [0.717, 1.165) is 0 Å². The summed E-state index contributed by atoms with van der Waals surface area (Å²) in [5.41, 5.74) is 0.603. The Labute approximate surface area is 152 Å². The fourth-order valence-corrected chi connectivity index (χ4v) is 2.56. The molecule has 0 saturated heterocycles. The van der Waals surface area contributed by atoms with Gasteiger partial charge in [-0.05, 0) is 12.1 Å². The Balaban J connectivity index is 2.65. The number of carbonyl (C=O) groups is 1. The zero-order valence-electron chi connectivity index (χ0n) is 15.7.